The Labute approximate surface area is 225 Å². The van der Waals surface area contributed by atoms with Gasteiger partial charge in [-0.2, -0.15) is 0 Å². The highest BCUT2D eigenvalue weighted by molar-refractivity contribution is 7.92. The predicted molar refractivity (Wildman–Crippen MR) is 143 cm³/mol. The van der Waals surface area contributed by atoms with Crippen molar-refractivity contribution in [3.63, 3.8) is 0 Å². The second-order valence-corrected chi connectivity index (χ2v) is 10.8. The molecule has 1 atom stereocenters. The zero-order valence-corrected chi connectivity index (χ0v) is 22.5. The Kier molecular flexibility index (Phi) is 9.53. The van der Waals surface area contributed by atoms with Crippen LogP contribution in [0.15, 0.2) is 77.7 Å². The second-order valence-electron chi connectivity index (χ2n) is 8.11. The SMILES string of the molecule is CCNC(=O)[C@@H](C)N(Cc1ccccc1Cl)C(=O)CN(c1ccc(F)c(Cl)c1)S(=O)(=O)c1ccccc1. The number of rotatable bonds is 10. The van der Waals surface area contributed by atoms with Gasteiger partial charge in [0, 0.05) is 18.1 Å². The third kappa shape index (κ3) is 6.80. The van der Waals surface area contributed by atoms with Crippen LogP contribution in [0.25, 0.3) is 0 Å². The number of amides is 2. The van der Waals surface area contributed by atoms with Gasteiger partial charge < -0.3 is 10.2 Å². The van der Waals surface area contributed by atoms with E-state index in [1.54, 1.807) is 56.3 Å². The van der Waals surface area contributed by atoms with Crippen LogP contribution in [0.3, 0.4) is 0 Å². The van der Waals surface area contributed by atoms with E-state index in [2.05, 4.69) is 5.32 Å². The van der Waals surface area contributed by atoms with E-state index in [1.165, 1.54) is 23.1 Å². The summed E-state index contributed by atoms with van der Waals surface area (Å²) in [6.45, 7) is 2.93. The average molecular weight is 566 g/mol. The highest BCUT2D eigenvalue weighted by atomic mass is 35.5. The van der Waals surface area contributed by atoms with Crippen LogP contribution in [-0.4, -0.2) is 44.3 Å². The monoisotopic (exact) mass is 565 g/mol. The maximum atomic E-state index is 13.9. The lowest BCUT2D eigenvalue weighted by atomic mass is 10.1. The summed E-state index contributed by atoms with van der Waals surface area (Å²) < 4.78 is 42.0. The Balaban J connectivity index is 2.05. The molecular formula is C26H26Cl2FN3O4S. The predicted octanol–water partition coefficient (Wildman–Crippen LogP) is 4.88. The largest absolute Gasteiger partial charge is 0.355 e. The van der Waals surface area contributed by atoms with Crippen molar-refractivity contribution in [2.45, 2.75) is 31.3 Å². The fourth-order valence-electron chi connectivity index (χ4n) is 3.60. The number of benzene rings is 3. The molecule has 0 fully saturated rings. The van der Waals surface area contributed by atoms with Crippen LogP contribution < -0.4 is 9.62 Å². The van der Waals surface area contributed by atoms with E-state index >= 15 is 0 Å². The van der Waals surface area contributed by atoms with E-state index in [-0.39, 0.29) is 22.2 Å². The molecule has 3 aromatic rings. The molecule has 0 bridgehead atoms. The van der Waals surface area contributed by atoms with E-state index in [9.17, 15) is 22.4 Å². The zero-order chi connectivity index (χ0) is 27.2. The standard InChI is InChI=1S/C26H26Cl2FN3O4S/c1-3-30-26(34)18(2)31(16-19-9-7-8-12-22(19)27)25(33)17-32(20-13-14-24(29)23(28)15-20)37(35,36)21-10-5-4-6-11-21/h4-15,18H,3,16-17H2,1-2H3,(H,30,34)/t18-/m1/s1. The van der Waals surface area contributed by atoms with E-state index < -0.39 is 40.2 Å². The number of carbonyl (C=O) groups is 2. The number of nitrogens with zero attached hydrogens (tertiary/aromatic N) is 2. The Morgan fingerprint density at radius 1 is 0.973 bits per heavy atom. The molecule has 0 unspecified atom stereocenters. The van der Waals surface area contributed by atoms with Gasteiger partial charge in [-0.1, -0.05) is 59.6 Å². The van der Waals surface area contributed by atoms with E-state index in [0.29, 0.717) is 17.1 Å². The first-order chi connectivity index (χ1) is 17.6. The van der Waals surface area contributed by atoms with Crippen molar-refractivity contribution < 1.29 is 22.4 Å². The first kappa shape index (κ1) is 28.4. The second kappa shape index (κ2) is 12.4. The summed E-state index contributed by atoms with van der Waals surface area (Å²) in [7, 11) is -4.27. The summed E-state index contributed by atoms with van der Waals surface area (Å²) in [6.07, 6.45) is 0. The van der Waals surface area contributed by atoms with Gasteiger partial charge in [0.05, 0.1) is 15.6 Å². The lowest BCUT2D eigenvalue weighted by Crippen LogP contribution is -2.51. The third-order valence-corrected chi connectivity index (χ3v) is 8.06. The number of nitrogens with one attached hydrogen (secondary N) is 1. The topological polar surface area (TPSA) is 86.8 Å². The maximum Gasteiger partial charge on any atom is 0.264 e. The molecule has 3 rings (SSSR count). The van der Waals surface area contributed by atoms with Crippen LogP contribution in [-0.2, 0) is 26.2 Å². The lowest BCUT2D eigenvalue weighted by Gasteiger charge is -2.32. The minimum atomic E-state index is -4.27. The Bertz CT molecular complexity index is 1370. The molecular weight excluding hydrogens is 540 g/mol. The van der Waals surface area contributed by atoms with Gasteiger partial charge in [0.2, 0.25) is 11.8 Å². The highest BCUT2D eigenvalue weighted by Crippen LogP contribution is 2.28. The van der Waals surface area contributed by atoms with Gasteiger partial charge in [0.15, 0.2) is 0 Å². The first-order valence-corrected chi connectivity index (χ1v) is 13.6. The van der Waals surface area contributed by atoms with Gasteiger partial charge in [-0.15, -0.1) is 0 Å². The average Bonchev–Trinajstić information content (AvgIpc) is 2.88. The van der Waals surface area contributed by atoms with Crippen molar-refractivity contribution in [3.05, 3.63) is 94.2 Å². The number of sulfonamides is 1. The van der Waals surface area contributed by atoms with Crippen LogP contribution in [0, 0.1) is 5.82 Å². The lowest BCUT2D eigenvalue weighted by molar-refractivity contribution is -0.139. The summed E-state index contributed by atoms with van der Waals surface area (Å²) >= 11 is 12.3. The number of halogens is 3. The fraction of sp³-hybridized carbons (Fsp3) is 0.231. The minimum Gasteiger partial charge on any atom is -0.355 e. The summed E-state index contributed by atoms with van der Waals surface area (Å²) in [5.74, 6) is -1.82. The van der Waals surface area contributed by atoms with E-state index in [4.69, 9.17) is 23.2 Å². The van der Waals surface area contributed by atoms with Gasteiger partial charge in [0.1, 0.15) is 18.4 Å². The molecule has 0 aliphatic heterocycles. The Morgan fingerprint density at radius 2 is 1.62 bits per heavy atom. The number of hydrogen-bond acceptors (Lipinski definition) is 4. The number of carbonyl (C=O) groups excluding carboxylic acids is 2. The van der Waals surface area contributed by atoms with E-state index in [1.807, 2.05) is 0 Å². The summed E-state index contributed by atoms with van der Waals surface area (Å²) in [6, 6.07) is 16.8. The minimum absolute atomic E-state index is 0.00745. The van der Waals surface area contributed by atoms with Crippen LogP contribution >= 0.6 is 23.2 Å². The van der Waals surface area contributed by atoms with Crippen LogP contribution in [0.5, 0.6) is 0 Å². The molecule has 0 aliphatic carbocycles. The maximum absolute atomic E-state index is 13.9. The van der Waals surface area contributed by atoms with Crippen LogP contribution in [0.2, 0.25) is 10.0 Å². The van der Waals surface area contributed by atoms with E-state index in [0.717, 1.165) is 16.4 Å². The molecule has 196 valence electrons. The molecule has 0 aromatic heterocycles. The van der Waals surface area contributed by atoms with Crippen LogP contribution in [0.4, 0.5) is 10.1 Å². The summed E-state index contributed by atoms with van der Waals surface area (Å²) in [4.78, 5) is 27.6. The van der Waals surface area contributed by atoms with Gasteiger partial charge in [-0.25, -0.2) is 12.8 Å². The summed E-state index contributed by atoms with van der Waals surface area (Å²) in [5, 5.41) is 2.77. The van der Waals surface area contributed by atoms with Gasteiger partial charge in [-0.3, -0.25) is 13.9 Å². The van der Waals surface area contributed by atoms with Crippen molar-refractivity contribution >= 4 is 50.7 Å². The summed E-state index contributed by atoms with van der Waals surface area (Å²) in [5.41, 5.74) is 0.572. The molecule has 1 N–H and O–H groups in total. The Hall–Kier alpha value is -3.14. The molecule has 0 spiro atoms. The van der Waals surface area contributed by atoms with Gasteiger partial charge in [-0.05, 0) is 55.8 Å². The fourth-order valence-corrected chi connectivity index (χ4v) is 5.40. The van der Waals surface area contributed by atoms with Gasteiger partial charge >= 0.3 is 0 Å². The number of hydrogen-bond donors (Lipinski definition) is 1. The number of anilines is 1. The molecule has 11 heteroatoms. The van der Waals surface area contributed by atoms with Crippen molar-refractivity contribution in [2.75, 3.05) is 17.4 Å². The third-order valence-electron chi connectivity index (χ3n) is 5.62. The van der Waals surface area contributed by atoms with Crippen molar-refractivity contribution in [2.24, 2.45) is 0 Å². The highest BCUT2D eigenvalue weighted by Gasteiger charge is 2.32. The zero-order valence-electron chi connectivity index (χ0n) is 20.2. The Morgan fingerprint density at radius 3 is 2.24 bits per heavy atom. The molecule has 0 aliphatic rings. The molecule has 0 heterocycles. The quantitative estimate of drug-likeness (QED) is 0.379. The van der Waals surface area contributed by atoms with Gasteiger partial charge in [0.25, 0.3) is 10.0 Å². The molecule has 0 radical (unpaired) electrons. The molecule has 7 nitrogen and oxygen atoms in total. The first-order valence-electron chi connectivity index (χ1n) is 11.4. The normalized spacial score (nSPS) is 12.0. The van der Waals surface area contributed by atoms with Crippen molar-refractivity contribution in [1.29, 1.82) is 0 Å². The van der Waals surface area contributed by atoms with Crippen molar-refractivity contribution in [3.8, 4) is 0 Å². The van der Waals surface area contributed by atoms with Crippen LogP contribution in [0.1, 0.15) is 19.4 Å². The van der Waals surface area contributed by atoms with Crippen molar-refractivity contribution in [1.82, 2.24) is 10.2 Å². The molecule has 37 heavy (non-hydrogen) atoms. The number of likely N-dealkylation sites (N-methyl/N-ethyl adjacent to an activating group) is 1. The molecule has 0 saturated heterocycles. The smallest absolute Gasteiger partial charge is 0.264 e. The molecule has 0 saturated carbocycles. The molecule has 3 aromatic carbocycles. The molecule has 2 amide bonds.